The fourth-order valence-electron chi connectivity index (χ4n) is 3.20. The van der Waals surface area contributed by atoms with Gasteiger partial charge in [-0.25, -0.2) is 0 Å². The van der Waals surface area contributed by atoms with Crippen molar-refractivity contribution in [1.82, 2.24) is 10.2 Å². The number of rotatable bonds is 2. The quantitative estimate of drug-likeness (QED) is 0.850. The molecule has 0 unspecified atom stereocenters. The lowest BCUT2D eigenvalue weighted by Crippen LogP contribution is -2.43. The zero-order valence-electron chi connectivity index (χ0n) is 11.8. The molecule has 0 bridgehead atoms. The molecule has 1 N–H and O–H groups in total. The third-order valence-electron chi connectivity index (χ3n) is 4.66. The minimum Gasteiger partial charge on any atom is -0.338 e. The second-order valence-electron chi connectivity index (χ2n) is 5.97. The highest BCUT2D eigenvalue weighted by Crippen LogP contribution is 2.37. The van der Waals surface area contributed by atoms with Crippen LogP contribution in [0.5, 0.6) is 0 Å². The van der Waals surface area contributed by atoms with E-state index < -0.39 is 0 Å². The maximum absolute atomic E-state index is 12.4. The number of carbonyl (C=O) groups excluding carboxylic acids is 2. The van der Waals surface area contributed by atoms with Gasteiger partial charge < -0.3 is 10.2 Å². The SMILES string of the molecule is CC(=O)c1csc(C(=O)N2CCC3(CCNC3)CC2)c1. The Morgan fingerprint density at radius 1 is 1.30 bits per heavy atom. The monoisotopic (exact) mass is 292 g/mol. The molecule has 2 aliphatic heterocycles. The van der Waals surface area contributed by atoms with Gasteiger partial charge >= 0.3 is 0 Å². The van der Waals surface area contributed by atoms with E-state index in [9.17, 15) is 9.59 Å². The van der Waals surface area contributed by atoms with E-state index in [4.69, 9.17) is 0 Å². The van der Waals surface area contributed by atoms with Gasteiger partial charge in [-0.1, -0.05) is 0 Å². The van der Waals surface area contributed by atoms with Crippen molar-refractivity contribution in [3.8, 4) is 0 Å². The normalized spacial score (nSPS) is 21.4. The van der Waals surface area contributed by atoms with Gasteiger partial charge in [0.2, 0.25) is 0 Å². The van der Waals surface area contributed by atoms with E-state index >= 15 is 0 Å². The Labute approximate surface area is 123 Å². The van der Waals surface area contributed by atoms with Crippen molar-refractivity contribution in [2.24, 2.45) is 5.41 Å². The maximum atomic E-state index is 12.4. The standard InChI is InChI=1S/C15H20N2O2S/c1-11(18)12-8-13(20-9-12)14(19)17-6-3-15(4-7-17)2-5-16-10-15/h8-9,16H,2-7,10H2,1H3. The molecule has 0 saturated carbocycles. The molecular formula is C15H20N2O2S. The molecule has 0 atom stereocenters. The molecule has 1 aromatic rings. The number of nitrogens with zero attached hydrogens (tertiary/aromatic N) is 1. The van der Waals surface area contributed by atoms with Crippen molar-refractivity contribution < 1.29 is 9.59 Å². The number of carbonyl (C=O) groups is 2. The lowest BCUT2D eigenvalue weighted by atomic mass is 9.78. The van der Waals surface area contributed by atoms with Crippen molar-refractivity contribution in [2.45, 2.75) is 26.2 Å². The number of piperidine rings is 1. The Hall–Kier alpha value is -1.20. The molecule has 2 saturated heterocycles. The first kappa shape index (κ1) is 13.8. The molecule has 5 heteroatoms. The molecule has 2 aliphatic rings. The molecule has 1 aromatic heterocycles. The van der Waals surface area contributed by atoms with E-state index in [1.54, 1.807) is 11.4 Å². The summed E-state index contributed by atoms with van der Waals surface area (Å²) >= 11 is 1.38. The Balaban J connectivity index is 1.65. The molecule has 1 amide bonds. The summed E-state index contributed by atoms with van der Waals surface area (Å²) < 4.78 is 0. The van der Waals surface area contributed by atoms with Crippen molar-refractivity contribution >= 4 is 23.0 Å². The Morgan fingerprint density at radius 2 is 2.05 bits per heavy atom. The van der Waals surface area contributed by atoms with Gasteiger partial charge in [-0.2, -0.15) is 0 Å². The summed E-state index contributed by atoms with van der Waals surface area (Å²) in [5.74, 6) is 0.109. The zero-order chi connectivity index (χ0) is 14.2. The summed E-state index contributed by atoms with van der Waals surface area (Å²) in [7, 11) is 0. The number of nitrogens with one attached hydrogen (secondary N) is 1. The number of hydrogen-bond donors (Lipinski definition) is 1. The number of likely N-dealkylation sites (tertiary alicyclic amines) is 1. The van der Waals surface area contributed by atoms with E-state index in [1.807, 2.05) is 4.90 Å². The third kappa shape index (κ3) is 2.52. The number of Topliss-reactive ketones (excluding diaryl/α,β-unsaturated/α-hetero) is 1. The lowest BCUT2D eigenvalue weighted by Gasteiger charge is -2.38. The fraction of sp³-hybridized carbons (Fsp3) is 0.600. The first-order valence-corrected chi connectivity index (χ1v) is 8.07. The molecule has 20 heavy (non-hydrogen) atoms. The summed E-state index contributed by atoms with van der Waals surface area (Å²) in [5, 5.41) is 5.22. The van der Waals surface area contributed by atoms with Crippen LogP contribution in [0.1, 0.15) is 46.2 Å². The van der Waals surface area contributed by atoms with Gasteiger partial charge in [0, 0.05) is 30.6 Å². The van der Waals surface area contributed by atoms with Crippen LogP contribution in [0.2, 0.25) is 0 Å². The first-order valence-electron chi connectivity index (χ1n) is 7.19. The van der Waals surface area contributed by atoms with Gasteiger partial charge in [-0.05, 0) is 44.2 Å². The topological polar surface area (TPSA) is 49.4 Å². The third-order valence-corrected chi connectivity index (χ3v) is 5.58. The van der Waals surface area contributed by atoms with Crippen LogP contribution in [0.15, 0.2) is 11.4 Å². The molecule has 0 aliphatic carbocycles. The molecule has 0 radical (unpaired) electrons. The summed E-state index contributed by atoms with van der Waals surface area (Å²) in [4.78, 5) is 26.4. The van der Waals surface area contributed by atoms with Crippen LogP contribution in [-0.4, -0.2) is 42.8 Å². The van der Waals surface area contributed by atoms with Crippen LogP contribution in [0.4, 0.5) is 0 Å². The molecule has 3 rings (SSSR count). The van der Waals surface area contributed by atoms with Gasteiger partial charge in [0.25, 0.3) is 5.91 Å². The zero-order valence-corrected chi connectivity index (χ0v) is 12.6. The van der Waals surface area contributed by atoms with Crippen molar-refractivity contribution in [2.75, 3.05) is 26.2 Å². The first-order chi connectivity index (χ1) is 9.60. The second-order valence-corrected chi connectivity index (χ2v) is 6.89. The Morgan fingerprint density at radius 3 is 2.60 bits per heavy atom. The molecule has 3 heterocycles. The summed E-state index contributed by atoms with van der Waals surface area (Å²) in [5.41, 5.74) is 1.07. The van der Waals surface area contributed by atoms with Gasteiger partial charge in [0.1, 0.15) is 0 Å². The average molecular weight is 292 g/mol. The van der Waals surface area contributed by atoms with E-state index in [0.717, 1.165) is 39.0 Å². The number of hydrogen-bond acceptors (Lipinski definition) is 4. The summed E-state index contributed by atoms with van der Waals surface area (Å²) in [6.45, 7) is 5.43. The van der Waals surface area contributed by atoms with Gasteiger partial charge in [-0.3, -0.25) is 9.59 Å². The van der Waals surface area contributed by atoms with E-state index in [2.05, 4.69) is 5.32 Å². The molecule has 0 aromatic carbocycles. The second kappa shape index (κ2) is 5.30. The average Bonchev–Trinajstić information content (AvgIpc) is 3.08. The van der Waals surface area contributed by atoms with E-state index in [-0.39, 0.29) is 11.7 Å². The minimum absolute atomic E-state index is 0.0231. The smallest absolute Gasteiger partial charge is 0.263 e. The van der Waals surface area contributed by atoms with Crippen molar-refractivity contribution in [3.63, 3.8) is 0 Å². The highest BCUT2D eigenvalue weighted by Gasteiger charge is 2.38. The van der Waals surface area contributed by atoms with Gasteiger partial charge in [-0.15, -0.1) is 11.3 Å². The van der Waals surface area contributed by atoms with E-state index in [0.29, 0.717) is 15.9 Å². The van der Waals surface area contributed by atoms with Crippen molar-refractivity contribution in [3.05, 3.63) is 21.9 Å². The van der Waals surface area contributed by atoms with Crippen LogP contribution in [0.25, 0.3) is 0 Å². The molecule has 108 valence electrons. The molecule has 2 fully saturated rings. The van der Waals surface area contributed by atoms with Crippen LogP contribution < -0.4 is 5.32 Å². The Kier molecular flexibility index (Phi) is 3.65. The number of amides is 1. The predicted molar refractivity (Wildman–Crippen MR) is 79.4 cm³/mol. The molecule has 1 spiro atoms. The highest BCUT2D eigenvalue weighted by atomic mass is 32.1. The van der Waals surface area contributed by atoms with Crippen molar-refractivity contribution in [1.29, 1.82) is 0 Å². The maximum Gasteiger partial charge on any atom is 0.263 e. The lowest BCUT2D eigenvalue weighted by molar-refractivity contribution is 0.0612. The summed E-state index contributed by atoms with van der Waals surface area (Å²) in [6.07, 6.45) is 3.43. The van der Waals surface area contributed by atoms with E-state index in [1.165, 1.54) is 24.7 Å². The number of ketones is 1. The van der Waals surface area contributed by atoms with Crippen LogP contribution in [0.3, 0.4) is 0 Å². The molecular weight excluding hydrogens is 272 g/mol. The van der Waals surface area contributed by atoms with Crippen LogP contribution >= 0.6 is 11.3 Å². The Bertz CT molecular complexity index is 522. The largest absolute Gasteiger partial charge is 0.338 e. The van der Waals surface area contributed by atoms with Crippen LogP contribution in [0, 0.1) is 5.41 Å². The molecule has 4 nitrogen and oxygen atoms in total. The number of thiophene rings is 1. The summed E-state index contributed by atoms with van der Waals surface area (Å²) in [6, 6.07) is 1.73. The van der Waals surface area contributed by atoms with Gasteiger partial charge in [0.05, 0.1) is 4.88 Å². The fourth-order valence-corrected chi connectivity index (χ4v) is 4.11. The van der Waals surface area contributed by atoms with Crippen LogP contribution in [-0.2, 0) is 0 Å². The minimum atomic E-state index is 0.0231. The highest BCUT2D eigenvalue weighted by molar-refractivity contribution is 7.12. The predicted octanol–water partition coefficient (Wildman–Crippen LogP) is 2.17. The van der Waals surface area contributed by atoms with Gasteiger partial charge in [0.15, 0.2) is 5.78 Å².